The molecule has 1 aromatic rings. The summed E-state index contributed by atoms with van der Waals surface area (Å²) in [5.74, 6) is 0.536. The molecule has 1 heterocycles. The molecule has 2 atom stereocenters. The molecule has 0 radical (unpaired) electrons. The lowest BCUT2D eigenvalue weighted by atomic mass is 9.90. The van der Waals surface area contributed by atoms with Crippen LogP contribution in [0.1, 0.15) is 40.5 Å². The van der Waals surface area contributed by atoms with Gasteiger partial charge in [-0.1, -0.05) is 26.0 Å². The minimum absolute atomic E-state index is 0.0596. The number of nitrogens with two attached hydrogens (primary N) is 1. The van der Waals surface area contributed by atoms with Crippen molar-refractivity contribution in [3.05, 3.63) is 24.3 Å². The molecule has 6 heteroatoms. The highest BCUT2D eigenvalue weighted by atomic mass is 16.5. The lowest BCUT2D eigenvalue weighted by Gasteiger charge is -2.32. The summed E-state index contributed by atoms with van der Waals surface area (Å²) in [4.78, 5) is 26.9. The van der Waals surface area contributed by atoms with Gasteiger partial charge in [0.2, 0.25) is 11.8 Å². The molecule has 0 aliphatic carbocycles. The van der Waals surface area contributed by atoms with Gasteiger partial charge in [-0.2, -0.15) is 0 Å². The Morgan fingerprint density at radius 3 is 2.73 bits per heavy atom. The molecule has 1 saturated heterocycles. The van der Waals surface area contributed by atoms with Gasteiger partial charge in [-0.25, -0.2) is 0 Å². The van der Waals surface area contributed by atoms with Gasteiger partial charge in [0.1, 0.15) is 5.75 Å². The number of anilines is 1. The Hall–Kier alpha value is -2.08. The predicted molar refractivity (Wildman–Crippen MR) is 103 cm³/mol. The van der Waals surface area contributed by atoms with Crippen molar-refractivity contribution in [2.24, 2.45) is 17.6 Å². The zero-order valence-corrected chi connectivity index (χ0v) is 16.2. The lowest BCUT2D eigenvalue weighted by molar-refractivity contribution is -0.128. The molecule has 26 heavy (non-hydrogen) atoms. The van der Waals surface area contributed by atoms with Crippen LogP contribution in [0.2, 0.25) is 0 Å². The van der Waals surface area contributed by atoms with Crippen LogP contribution in [0.5, 0.6) is 5.75 Å². The third-order valence-electron chi connectivity index (χ3n) is 4.69. The van der Waals surface area contributed by atoms with Crippen molar-refractivity contribution in [3.8, 4) is 5.75 Å². The van der Waals surface area contributed by atoms with Gasteiger partial charge >= 0.3 is 0 Å². The van der Waals surface area contributed by atoms with Gasteiger partial charge in [0.05, 0.1) is 18.2 Å². The summed E-state index contributed by atoms with van der Waals surface area (Å²) in [6.07, 6.45) is 1.00. The van der Waals surface area contributed by atoms with Crippen molar-refractivity contribution in [2.75, 3.05) is 24.6 Å². The fourth-order valence-corrected chi connectivity index (χ4v) is 3.56. The molecule has 0 aromatic heterocycles. The van der Waals surface area contributed by atoms with Gasteiger partial charge in [-0.15, -0.1) is 0 Å². The average molecular weight is 361 g/mol. The molecular weight excluding hydrogens is 330 g/mol. The Labute approximate surface area is 156 Å². The number of nitrogens with zero attached hydrogens (tertiary/aromatic N) is 1. The van der Waals surface area contributed by atoms with Gasteiger partial charge in [-0.05, 0) is 38.3 Å². The van der Waals surface area contributed by atoms with E-state index >= 15 is 0 Å². The summed E-state index contributed by atoms with van der Waals surface area (Å²) in [7, 11) is 0. The van der Waals surface area contributed by atoms with E-state index in [1.807, 2.05) is 38.1 Å². The number of ether oxygens (including phenoxy) is 1. The Bertz CT molecular complexity index is 647. The smallest absolute Gasteiger partial charge is 0.227 e. The molecule has 2 amide bonds. The largest absolute Gasteiger partial charge is 0.492 e. The van der Waals surface area contributed by atoms with E-state index in [1.165, 1.54) is 0 Å². The molecule has 0 spiro atoms. The molecule has 1 fully saturated rings. The maximum Gasteiger partial charge on any atom is 0.227 e. The molecule has 6 nitrogen and oxygen atoms in total. The lowest BCUT2D eigenvalue weighted by Crippen LogP contribution is -2.54. The molecule has 144 valence electrons. The molecule has 0 bridgehead atoms. The van der Waals surface area contributed by atoms with Crippen molar-refractivity contribution >= 4 is 17.5 Å². The topological polar surface area (TPSA) is 84.7 Å². The van der Waals surface area contributed by atoms with E-state index in [0.717, 1.165) is 12.1 Å². The van der Waals surface area contributed by atoms with Crippen LogP contribution in [0.3, 0.4) is 0 Å². The normalized spacial score (nSPS) is 19.5. The summed E-state index contributed by atoms with van der Waals surface area (Å²) >= 11 is 0. The summed E-state index contributed by atoms with van der Waals surface area (Å²) in [6, 6.07) is 7.43. The monoisotopic (exact) mass is 361 g/mol. The third-order valence-corrected chi connectivity index (χ3v) is 4.69. The second-order valence-electron chi connectivity index (χ2n) is 7.66. The number of benzene rings is 1. The van der Waals surface area contributed by atoms with Crippen molar-refractivity contribution in [2.45, 2.75) is 46.1 Å². The van der Waals surface area contributed by atoms with Gasteiger partial charge < -0.3 is 20.7 Å². The van der Waals surface area contributed by atoms with Gasteiger partial charge in [0, 0.05) is 25.0 Å². The Kier molecular flexibility index (Phi) is 6.64. The molecule has 2 unspecified atom stereocenters. The summed E-state index contributed by atoms with van der Waals surface area (Å²) < 4.78 is 5.62. The highest BCUT2D eigenvalue weighted by Crippen LogP contribution is 2.33. The second kappa shape index (κ2) is 8.54. The average Bonchev–Trinajstić information content (AvgIpc) is 2.97. The Balaban J connectivity index is 2.11. The molecular formula is C20H31N3O3. The summed E-state index contributed by atoms with van der Waals surface area (Å²) in [6.45, 7) is 9.32. The van der Waals surface area contributed by atoms with E-state index < -0.39 is 5.54 Å². The van der Waals surface area contributed by atoms with Gasteiger partial charge in [-0.3, -0.25) is 9.59 Å². The maximum atomic E-state index is 12.8. The van der Waals surface area contributed by atoms with Crippen molar-refractivity contribution < 1.29 is 14.3 Å². The first-order valence-electron chi connectivity index (χ1n) is 9.34. The first-order valence-corrected chi connectivity index (χ1v) is 9.34. The highest BCUT2D eigenvalue weighted by molar-refractivity contribution is 6.01. The van der Waals surface area contributed by atoms with Crippen LogP contribution in [0.25, 0.3) is 0 Å². The molecule has 2 rings (SSSR count). The van der Waals surface area contributed by atoms with Crippen LogP contribution < -0.4 is 20.7 Å². The van der Waals surface area contributed by atoms with E-state index in [2.05, 4.69) is 19.2 Å². The van der Waals surface area contributed by atoms with Gasteiger partial charge in [0.15, 0.2) is 0 Å². The first-order chi connectivity index (χ1) is 12.3. The number of rotatable bonds is 8. The van der Waals surface area contributed by atoms with Gasteiger partial charge in [0.25, 0.3) is 0 Å². The fraction of sp³-hybridized carbons (Fsp3) is 0.600. The molecule has 1 aromatic carbocycles. The number of para-hydroxylation sites is 2. The summed E-state index contributed by atoms with van der Waals surface area (Å²) in [5.41, 5.74) is 6.16. The quantitative estimate of drug-likeness (QED) is 0.744. The van der Waals surface area contributed by atoms with Crippen LogP contribution in [-0.4, -0.2) is 37.0 Å². The molecule has 1 aliphatic heterocycles. The van der Waals surface area contributed by atoms with Crippen molar-refractivity contribution in [3.63, 3.8) is 0 Å². The molecule has 1 aliphatic rings. The standard InChI is InChI=1S/C20H31N3O3/c1-5-26-17-9-7-6-8-16(17)23-12-15(10-18(23)24)19(25)22-20(4,13-21)11-14(2)3/h6-9,14-15H,5,10-13,21H2,1-4H3,(H,22,25). The van der Waals surface area contributed by atoms with Crippen LogP contribution in [0.4, 0.5) is 5.69 Å². The number of carbonyl (C=O) groups is 2. The third kappa shape index (κ3) is 4.75. The predicted octanol–water partition coefficient (Wildman–Crippen LogP) is 2.32. The fourth-order valence-electron chi connectivity index (χ4n) is 3.56. The number of carbonyl (C=O) groups excluding carboxylic acids is 2. The highest BCUT2D eigenvalue weighted by Gasteiger charge is 2.38. The van der Waals surface area contributed by atoms with E-state index in [1.54, 1.807) is 4.90 Å². The van der Waals surface area contributed by atoms with Crippen molar-refractivity contribution in [1.29, 1.82) is 0 Å². The number of amides is 2. The van der Waals surface area contributed by atoms with E-state index in [-0.39, 0.29) is 24.2 Å². The first kappa shape index (κ1) is 20.2. The number of hydrogen-bond acceptors (Lipinski definition) is 4. The zero-order chi connectivity index (χ0) is 19.3. The zero-order valence-electron chi connectivity index (χ0n) is 16.2. The van der Waals surface area contributed by atoms with Crippen LogP contribution in [0, 0.1) is 11.8 Å². The van der Waals surface area contributed by atoms with Crippen LogP contribution >= 0.6 is 0 Å². The van der Waals surface area contributed by atoms with E-state index in [9.17, 15) is 9.59 Å². The van der Waals surface area contributed by atoms with E-state index in [4.69, 9.17) is 10.5 Å². The van der Waals surface area contributed by atoms with Crippen LogP contribution in [0.15, 0.2) is 24.3 Å². The van der Waals surface area contributed by atoms with E-state index in [0.29, 0.717) is 31.4 Å². The second-order valence-corrected chi connectivity index (χ2v) is 7.66. The SMILES string of the molecule is CCOc1ccccc1N1CC(C(=O)NC(C)(CN)CC(C)C)CC1=O. The molecule has 3 N–H and O–H groups in total. The maximum absolute atomic E-state index is 12.8. The minimum Gasteiger partial charge on any atom is -0.492 e. The Morgan fingerprint density at radius 2 is 2.12 bits per heavy atom. The molecule has 0 saturated carbocycles. The minimum atomic E-state index is -0.453. The number of nitrogens with one attached hydrogen (secondary N) is 1. The summed E-state index contributed by atoms with van der Waals surface area (Å²) in [5, 5.41) is 3.07. The van der Waals surface area contributed by atoms with Crippen LogP contribution in [-0.2, 0) is 9.59 Å². The number of hydrogen-bond donors (Lipinski definition) is 2. The Morgan fingerprint density at radius 1 is 1.42 bits per heavy atom. The van der Waals surface area contributed by atoms with Crippen molar-refractivity contribution in [1.82, 2.24) is 5.32 Å².